The summed E-state index contributed by atoms with van der Waals surface area (Å²) in [5, 5.41) is 3.76. The third-order valence-corrected chi connectivity index (χ3v) is 2.41. The molecule has 0 fully saturated rings. The zero-order valence-electron chi connectivity index (χ0n) is 10.9. The van der Waals surface area contributed by atoms with Gasteiger partial charge < -0.3 is 0 Å². The van der Waals surface area contributed by atoms with Crippen molar-refractivity contribution in [2.75, 3.05) is 0 Å². The van der Waals surface area contributed by atoms with E-state index in [2.05, 4.69) is 10.5 Å². The number of carbonyl (C=O) groups is 2. The van der Waals surface area contributed by atoms with Crippen LogP contribution in [0.3, 0.4) is 0 Å². The maximum Gasteiger partial charge on any atom is 0.271 e. The molecule has 0 unspecified atom stereocenters. The maximum atomic E-state index is 11.6. The SMILES string of the molecule is CC(C)(C)C(=O)CC=NNC(=O)c1ccccc1. The van der Waals surface area contributed by atoms with Crippen molar-refractivity contribution >= 4 is 17.9 Å². The molecule has 1 aromatic carbocycles. The largest absolute Gasteiger partial charge is 0.299 e. The number of Topliss-reactive ketones (excluding diaryl/α,β-unsaturated/α-hetero) is 1. The summed E-state index contributed by atoms with van der Waals surface area (Å²) in [4.78, 5) is 23.2. The Morgan fingerprint density at radius 2 is 1.83 bits per heavy atom. The van der Waals surface area contributed by atoms with E-state index in [-0.39, 0.29) is 23.5 Å². The van der Waals surface area contributed by atoms with E-state index in [1.165, 1.54) is 6.21 Å². The topological polar surface area (TPSA) is 58.5 Å². The second-order valence-corrected chi connectivity index (χ2v) is 5.00. The number of benzene rings is 1. The Hall–Kier alpha value is -1.97. The lowest BCUT2D eigenvalue weighted by Crippen LogP contribution is -2.21. The molecule has 0 heterocycles. The van der Waals surface area contributed by atoms with Crippen molar-refractivity contribution in [1.82, 2.24) is 5.43 Å². The van der Waals surface area contributed by atoms with Crippen molar-refractivity contribution in [1.29, 1.82) is 0 Å². The molecule has 0 spiro atoms. The lowest BCUT2D eigenvalue weighted by molar-refractivity contribution is -0.124. The average molecular weight is 246 g/mol. The number of hydrazone groups is 1. The number of nitrogens with one attached hydrogen (secondary N) is 1. The summed E-state index contributed by atoms with van der Waals surface area (Å²) < 4.78 is 0. The Kier molecular flexibility index (Phi) is 4.77. The van der Waals surface area contributed by atoms with Gasteiger partial charge in [0.05, 0.1) is 0 Å². The van der Waals surface area contributed by atoms with Gasteiger partial charge in [-0.25, -0.2) is 5.43 Å². The van der Waals surface area contributed by atoms with E-state index < -0.39 is 0 Å². The molecule has 18 heavy (non-hydrogen) atoms. The molecule has 0 atom stereocenters. The van der Waals surface area contributed by atoms with Crippen molar-refractivity contribution in [2.24, 2.45) is 10.5 Å². The number of amides is 1. The van der Waals surface area contributed by atoms with Gasteiger partial charge in [0.25, 0.3) is 5.91 Å². The first-order chi connectivity index (χ1) is 8.41. The van der Waals surface area contributed by atoms with Crippen LogP contribution in [0.25, 0.3) is 0 Å². The molecular formula is C14H18N2O2. The van der Waals surface area contributed by atoms with E-state index in [9.17, 15) is 9.59 Å². The van der Waals surface area contributed by atoms with Crippen LogP contribution in [0, 0.1) is 5.41 Å². The fourth-order valence-electron chi connectivity index (χ4n) is 1.19. The van der Waals surface area contributed by atoms with Crippen LogP contribution >= 0.6 is 0 Å². The molecular weight excluding hydrogens is 228 g/mol. The minimum absolute atomic E-state index is 0.0835. The maximum absolute atomic E-state index is 11.6. The van der Waals surface area contributed by atoms with Crippen LogP contribution < -0.4 is 5.43 Å². The van der Waals surface area contributed by atoms with Crippen molar-refractivity contribution in [3.63, 3.8) is 0 Å². The Balaban J connectivity index is 2.42. The molecule has 0 radical (unpaired) electrons. The van der Waals surface area contributed by atoms with E-state index in [1.54, 1.807) is 24.3 Å². The Labute approximate surface area is 107 Å². The first-order valence-corrected chi connectivity index (χ1v) is 5.81. The molecule has 4 heteroatoms. The summed E-state index contributed by atoms with van der Waals surface area (Å²) in [6.07, 6.45) is 1.65. The van der Waals surface area contributed by atoms with Gasteiger partial charge >= 0.3 is 0 Å². The van der Waals surface area contributed by atoms with Crippen LogP contribution in [0.15, 0.2) is 35.4 Å². The van der Waals surface area contributed by atoms with Gasteiger partial charge in [-0.1, -0.05) is 39.0 Å². The summed E-state index contributed by atoms with van der Waals surface area (Å²) in [5.74, 6) is -0.199. The molecule has 1 amide bonds. The normalized spacial score (nSPS) is 11.5. The average Bonchev–Trinajstić information content (AvgIpc) is 2.34. The summed E-state index contributed by atoms with van der Waals surface area (Å²) in [5.41, 5.74) is 2.54. The lowest BCUT2D eigenvalue weighted by atomic mass is 9.89. The molecule has 0 saturated heterocycles. The van der Waals surface area contributed by atoms with E-state index in [0.717, 1.165) is 0 Å². The molecule has 1 N–H and O–H groups in total. The van der Waals surface area contributed by atoms with Gasteiger partial charge in [0.2, 0.25) is 0 Å². The Morgan fingerprint density at radius 3 is 2.39 bits per heavy atom. The van der Waals surface area contributed by atoms with Crippen molar-refractivity contribution in [2.45, 2.75) is 27.2 Å². The zero-order chi connectivity index (χ0) is 13.6. The van der Waals surface area contributed by atoms with Gasteiger partial charge in [0.15, 0.2) is 0 Å². The lowest BCUT2D eigenvalue weighted by Gasteiger charge is -2.14. The predicted molar refractivity (Wildman–Crippen MR) is 71.5 cm³/mol. The molecule has 0 saturated carbocycles. The van der Waals surface area contributed by atoms with Crippen LogP contribution in [0.1, 0.15) is 37.6 Å². The van der Waals surface area contributed by atoms with Crippen LogP contribution in [0.2, 0.25) is 0 Å². The fraction of sp³-hybridized carbons (Fsp3) is 0.357. The third kappa shape index (κ3) is 4.49. The highest BCUT2D eigenvalue weighted by Gasteiger charge is 2.19. The summed E-state index contributed by atoms with van der Waals surface area (Å²) in [6.45, 7) is 5.56. The Morgan fingerprint density at radius 1 is 1.22 bits per heavy atom. The second kappa shape index (κ2) is 6.10. The van der Waals surface area contributed by atoms with Crippen LogP contribution in [0.5, 0.6) is 0 Å². The summed E-state index contributed by atoms with van der Waals surface area (Å²) in [7, 11) is 0. The molecule has 0 aromatic heterocycles. The van der Waals surface area contributed by atoms with Crippen LogP contribution in [0.4, 0.5) is 0 Å². The quantitative estimate of drug-likeness (QED) is 0.655. The monoisotopic (exact) mass is 246 g/mol. The van der Waals surface area contributed by atoms with Gasteiger partial charge in [0, 0.05) is 23.6 Å². The highest BCUT2D eigenvalue weighted by atomic mass is 16.2. The van der Waals surface area contributed by atoms with Crippen molar-refractivity contribution in [3.05, 3.63) is 35.9 Å². The molecule has 1 rings (SSSR count). The standard InChI is InChI=1S/C14H18N2O2/c1-14(2,3)12(17)9-10-15-16-13(18)11-7-5-4-6-8-11/h4-8,10H,9H2,1-3H3,(H,16,18). The van der Waals surface area contributed by atoms with E-state index in [4.69, 9.17) is 0 Å². The van der Waals surface area contributed by atoms with Crippen LogP contribution in [-0.2, 0) is 4.79 Å². The van der Waals surface area contributed by atoms with Crippen molar-refractivity contribution in [3.8, 4) is 0 Å². The molecule has 0 aliphatic rings. The van der Waals surface area contributed by atoms with Crippen molar-refractivity contribution < 1.29 is 9.59 Å². The highest BCUT2D eigenvalue weighted by Crippen LogP contribution is 2.15. The van der Waals surface area contributed by atoms with Gasteiger partial charge in [-0.15, -0.1) is 0 Å². The molecule has 1 aromatic rings. The first kappa shape index (κ1) is 14.1. The number of rotatable bonds is 4. The second-order valence-electron chi connectivity index (χ2n) is 5.00. The van der Waals surface area contributed by atoms with Gasteiger partial charge in [0.1, 0.15) is 5.78 Å². The zero-order valence-corrected chi connectivity index (χ0v) is 10.9. The number of hydrogen-bond donors (Lipinski definition) is 1. The number of carbonyl (C=O) groups excluding carboxylic acids is 2. The van der Waals surface area contributed by atoms with E-state index >= 15 is 0 Å². The molecule has 4 nitrogen and oxygen atoms in total. The predicted octanol–water partition coefficient (Wildman–Crippen LogP) is 2.41. The smallest absolute Gasteiger partial charge is 0.271 e. The molecule has 96 valence electrons. The van der Waals surface area contributed by atoms with E-state index in [0.29, 0.717) is 5.56 Å². The molecule has 0 aliphatic carbocycles. The number of hydrogen-bond acceptors (Lipinski definition) is 3. The minimum Gasteiger partial charge on any atom is -0.299 e. The number of nitrogens with zero attached hydrogens (tertiary/aromatic N) is 1. The summed E-state index contributed by atoms with van der Waals surface area (Å²) in [6, 6.07) is 8.79. The number of ketones is 1. The fourth-order valence-corrected chi connectivity index (χ4v) is 1.19. The first-order valence-electron chi connectivity index (χ1n) is 5.81. The van der Waals surface area contributed by atoms with Gasteiger partial charge in [-0.05, 0) is 12.1 Å². The summed E-state index contributed by atoms with van der Waals surface area (Å²) >= 11 is 0. The minimum atomic E-state index is -0.380. The molecule has 0 bridgehead atoms. The third-order valence-electron chi connectivity index (χ3n) is 2.41. The van der Waals surface area contributed by atoms with E-state index in [1.807, 2.05) is 26.8 Å². The highest BCUT2D eigenvalue weighted by molar-refractivity contribution is 5.96. The van der Waals surface area contributed by atoms with Gasteiger partial charge in [-0.3, -0.25) is 9.59 Å². The Bertz CT molecular complexity index is 445. The molecule has 0 aliphatic heterocycles. The van der Waals surface area contributed by atoms with Crippen LogP contribution in [-0.4, -0.2) is 17.9 Å². The van der Waals surface area contributed by atoms with Gasteiger partial charge in [-0.2, -0.15) is 5.10 Å².